The molecular weight excluding hydrogens is 362 g/mol. The predicted octanol–water partition coefficient (Wildman–Crippen LogP) is 4.59. The molecule has 3 aromatic carbocycles. The van der Waals surface area contributed by atoms with Crippen molar-refractivity contribution in [2.45, 2.75) is 45.8 Å². The third-order valence-corrected chi connectivity index (χ3v) is 5.94. The summed E-state index contributed by atoms with van der Waals surface area (Å²) >= 11 is 0. The van der Waals surface area contributed by atoms with Gasteiger partial charge in [-0.2, -0.15) is 0 Å². The number of hydrogen-bond acceptors (Lipinski definition) is 3. The van der Waals surface area contributed by atoms with Crippen LogP contribution in [-0.2, 0) is 25.8 Å². The van der Waals surface area contributed by atoms with Crippen LogP contribution >= 0.6 is 0 Å². The van der Waals surface area contributed by atoms with Crippen molar-refractivity contribution >= 4 is 16.7 Å². The number of amides is 1. The molecule has 0 saturated carbocycles. The molecule has 1 amide bonds. The minimum atomic E-state index is -0.0576. The van der Waals surface area contributed by atoms with Gasteiger partial charge in [0, 0.05) is 29.7 Å². The van der Waals surface area contributed by atoms with Crippen molar-refractivity contribution in [3.63, 3.8) is 0 Å². The topological polar surface area (TPSA) is 47.6 Å². The van der Waals surface area contributed by atoms with E-state index >= 15 is 0 Å². The van der Waals surface area contributed by atoms with Crippen LogP contribution in [0.15, 0.2) is 42.5 Å². The zero-order chi connectivity index (χ0) is 20.0. The van der Waals surface area contributed by atoms with Crippen LogP contribution in [-0.4, -0.2) is 18.6 Å². The quantitative estimate of drug-likeness (QED) is 0.697. The number of carbonyl (C=O) groups is 1. The Morgan fingerprint density at radius 2 is 1.97 bits per heavy atom. The van der Waals surface area contributed by atoms with E-state index in [0.717, 1.165) is 47.3 Å². The second-order valence-corrected chi connectivity index (χ2v) is 7.93. The summed E-state index contributed by atoms with van der Waals surface area (Å²) in [6.07, 6.45) is 3.19. The van der Waals surface area contributed by atoms with Crippen LogP contribution in [0.1, 0.15) is 46.5 Å². The smallest absolute Gasteiger partial charge is 0.252 e. The van der Waals surface area contributed by atoms with E-state index < -0.39 is 0 Å². The number of hydrogen-bond donors (Lipinski definition) is 1. The monoisotopic (exact) mass is 387 g/mol. The van der Waals surface area contributed by atoms with E-state index in [1.54, 1.807) is 0 Å². The fraction of sp³-hybridized carbons (Fsp3) is 0.320. The molecule has 1 atom stereocenters. The molecule has 1 aliphatic heterocycles. The summed E-state index contributed by atoms with van der Waals surface area (Å²) in [6, 6.07) is 14.4. The fourth-order valence-corrected chi connectivity index (χ4v) is 4.63. The van der Waals surface area contributed by atoms with Gasteiger partial charge in [-0.05, 0) is 66.8 Å². The van der Waals surface area contributed by atoms with Gasteiger partial charge in [0.05, 0.1) is 6.61 Å². The highest BCUT2D eigenvalue weighted by Gasteiger charge is 2.23. The fourth-order valence-electron chi connectivity index (χ4n) is 4.63. The van der Waals surface area contributed by atoms with Gasteiger partial charge < -0.3 is 14.8 Å². The maximum atomic E-state index is 13.0. The van der Waals surface area contributed by atoms with Gasteiger partial charge >= 0.3 is 0 Å². The number of aryl methyl sites for hydroxylation is 2. The third kappa shape index (κ3) is 3.13. The first-order chi connectivity index (χ1) is 14.1. The SMILES string of the molecule is CCOc1cc2c(cc1CNC(=O)c1ccc3c4c(cccc14)CC3)OC(C)C2. The maximum absolute atomic E-state index is 13.0. The van der Waals surface area contributed by atoms with Crippen LogP contribution in [0.3, 0.4) is 0 Å². The molecule has 0 fully saturated rings. The average molecular weight is 387 g/mol. The Morgan fingerprint density at radius 3 is 2.79 bits per heavy atom. The molecule has 148 valence electrons. The summed E-state index contributed by atoms with van der Waals surface area (Å²) in [5.41, 5.74) is 5.53. The summed E-state index contributed by atoms with van der Waals surface area (Å²) in [4.78, 5) is 13.0. The molecule has 4 heteroatoms. The van der Waals surface area contributed by atoms with Crippen molar-refractivity contribution in [2.24, 2.45) is 0 Å². The van der Waals surface area contributed by atoms with Crippen molar-refractivity contribution < 1.29 is 14.3 Å². The van der Waals surface area contributed by atoms with Crippen LogP contribution in [0.5, 0.6) is 11.5 Å². The van der Waals surface area contributed by atoms with Gasteiger partial charge in [-0.3, -0.25) is 4.79 Å². The largest absolute Gasteiger partial charge is 0.494 e. The number of fused-ring (bicyclic) bond motifs is 1. The number of nitrogens with one attached hydrogen (secondary N) is 1. The molecule has 3 aromatic rings. The van der Waals surface area contributed by atoms with Crippen LogP contribution < -0.4 is 14.8 Å². The number of rotatable bonds is 5. The highest BCUT2D eigenvalue weighted by atomic mass is 16.5. The van der Waals surface area contributed by atoms with E-state index in [4.69, 9.17) is 9.47 Å². The van der Waals surface area contributed by atoms with Gasteiger partial charge in [0.1, 0.15) is 17.6 Å². The zero-order valence-electron chi connectivity index (χ0n) is 16.9. The van der Waals surface area contributed by atoms with E-state index in [1.807, 2.05) is 19.1 Å². The van der Waals surface area contributed by atoms with Crippen molar-refractivity contribution in [3.05, 3.63) is 70.3 Å². The number of ether oxygens (including phenoxy) is 2. The third-order valence-electron chi connectivity index (χ3n) is 5.94. The van der Waals surface area contributed by atoms with Gasteiger partial charge in [0.25, 0.3) is 5.91 Å². The summed E-state index contributed by atoms with van der Waals surface area (Å²) in [5, 5.41) is 5.40. The molecular formula is C25H25NO3. The standard InChI is InChI=1S/C25H25NO3/c1-3-28-22-12-18-11-15(2)29-23(18)13-19(22)14-26-25(27)21-10-9-17-8-7-16-5-4-6-20(21)24(16)17/h4-6,9-10,12-13,15H,3,7-8,11,14H2,1-2H3,(H,26,27). The van der Waals surface area contributed by atoms with Gasteiger partial charge in [0.15, 0.2) is 0 Å². The lowest BCUT2D eigenvalue weighted by molar-refractivity contribution is 0.0952. The van der Waals surface area contributed by atoms with Gasteiger partial charge in [0.2, 0.25) is 0 Å². The first-order valence-corrected chi connectivity index (χ1v) is 10.4. The second kappa shape index (κ2) is 7.11. The average Bonchev–Trinajstić information content (AvgIpc) is 3.30. The van der Waals surface area contributed by atoms with E-state index in [1.165, 1.54) is 22.1 Å². The molecule has 2 aliphatic rings. The molecule has 0 saturated heterocycles. The molecule has 0 aromatic heterocycles. The van der Waals surface area contributed by atoms with Gasteiger partial charge in [-0.1, -0.05) is 24.3 Å². The molecule has 4 nitrogen and oxygen atoms in total. The Hall–Kier alpha value is -3.01. The Bertz CT molecular complexity index is 1110. The normalized spacial score (nSPS) is 16.6. The summed E-state index contributed by atoms with van der Waals surface area (Å²) < 4.78 is 11.7. The first-order valence-electron chi connectivity index (χ1n) is 10.4. The molecule has 0 bridgehead atoms. The minimum Gasteiger partial charge on any atom is -0.494 e. The minimum absolute atomic E-state index is 0.0576. The number of benzene rings is 3. The predicted molar refractivity (Wildman–Crippen MR) is 114 cm³/mol. The lowest BCUT2D eigenvalue weighted by Gasteiger charge is -2.14. The van der Waals surface area contributed by atoms with Crippen molar-refractivity contribution in [1.29, 1.82) is 0 Å². The van der Waals surface area contributed by atoms with E-state index in [2.05, 4.69) is 42.6 Å². The molecule has 5 rings (SSSR count). The Kier molecular flexibility index (Phi) is 4.42. The summed E-state index contributed by atoms with van der Waals surface area (Å²) in [5.74, 6) is 1.66. The second-order valence-electron chi connectivity index (χ2n) is 7.93. The lowest BCUT2D eigenvalue weighted by atomic mass is 9.99. The molecule has 1 N–H and O–H groups in total. The molecule has 1 heterocycles. The highest BCUT2D eigenvalue weighted by Crippen LogP contribution is 2.36. The number of carbonyl (C=O) groups excluding carboxylic acids is 1. The van der Waals surface area contributed by atoms with Crippen LogP contribution in [0.25, 0.3) is 10.8 Å². The molecule has 0 spiro atoms. The Labute approximate surface area is 170 Å². The molecule has 29 heavy (non-hydrogen) atoms. The van der Waals surface area contributed by atoms with E-state index in [0.29, 0.717) is 13.2 Å². The van der Waals surface area contributed by atoms with Crippen LogP contribution in [0.2, 0.25) is 0 Å². The van der Waals surface area contributed by atoms with Gasteiger partial charge in [-0.25, -0.2) is 0 Å². The lowest BCUT2D eigenvalue weighted by Crippen LogP contribution is -2.23. The first kappa shape index (κ1) is 18.0. The van der Waals surface area contributed by atoms with Crippen molar-refractivity contribution in [1.82, 2.24) is 5.32 Å². The maximum Gasteiger partial charge on any atom is 0.252 e. The highest BCUT2D eigenvalue weighted by molar-refractivity contribution is 6.09. The zero-order valence-corrected chi connectivity index (χ0v) is 16.9. The Morgan fingerprint density at radius 1 is 1.14 bits per heavy atom. The summed E-state index contributed by atoms with van der Waals surface area (Å²) in [6.45, 7) is 5.03. The van der Waals surface area contributed by atoms with Crippen LogP contribution in [0.4, 0.5) is 0 Å². The van der Waals surface area contributed by atoms with Crippen molar-refractivity contribution in [3.8, 4) is 11.5 Å². The Balaban J connectivity index is 1.42. The molecule has 1 aliphatic carbocycles. The van der Waals surface area contributed by atoms with Gasteiger partial charge in [-0.15, -0.1) is 0 Å². The van der Waals surface area contributed by atoms with Crippen molar-refractivity contribution in [2.75, 3.05) is 6.61 Å². The summed E-state index contributed by atoms with van der Waals surface area (Å²) in [7, 11) is 0. The van der Waals surface area contributed by atoms with E-state index in [-0.39, 0.29) is 12.0 Å². The van der Waals surface area contributed by atoms with E-state index in [9.17, 15) is 4.79 Å². The van der Waals surface area contributed by atoms with Crippen LogP contribution in [0, 0.1) is 0 Å². The molecule has 0 radical (unpaired) electrons. The molecule has 1 unspecified atom stereocenters.